The van der Waals surface area contributed by atoms with Gasteiger partial charge in [-0.05, 0) is 50.9 Å². The second-order valence-corrected chi connectivity index (χ2v) is 6.54. The fraction of sp³-hybridized carbons (Fsp3) is 0.467. The lowest BCUT2D eigenvalue weighted by atomic mass is 9.91. The highest BCUT2D eigenvalue weighted by molar-refractivity contribution is 6.44. The minimum absolute atomic E-state index is 0.186. The number of H-pyrrole nitrogens is 1. The quantitative estimate of drug-likeness (QED) is 0.783. The summed E-state index contributed by atoms with van der Waals surface area (Å²) in [5.41, 5.74) is 1.31. The van der Waals surface area contributed by atoms with E-state index in [1.807, 2.05) is 0 Å². The zero-order chi connectivity index (χ0) is 16.4. The van der Waals surface area contributed by atoms with E-state index in [2.05, 4.69) is 27.8 Å². The van der Waals surface area contributed by atoms with Gasteiger partial charge in [0, 0.05) is 11.6 Å². The lowest BCUT2D eigenvalue weighted by Crippen LogP contribution is -2.36. The van der Waals surface area contributed by atoms with Crippen molar-refractivity contribution in [3.63, 3.8) is 0 Å². The van der Waals surface area contributed by atoms with E-state index in [1.165, 1.54) is 0 Å². The van der Waals surface area contributed by atoms with Gasteiger partial charge in [0.1, 0.15) is 0 Å². The topological polar surface area (TPSA) is 83.0 Å². The molecule has 0 spiro atoms. The highest BCUT2D eigenvalue weighted by Gasteiger charge is 2.21. The second-order valence-electron chi connectivity index (χ2n) is 5.76. The summed E-state index contributed by atoms with van der Waals surface area (Å²) >= 11 is 12.5. The summed E-state index contributed by atoms with van der Waals surface area (Å²) in [6, 6.07) is 3.68. The third-order valence-electron chi connectivity index (χ3n) is 4.19. The molecular formula is C15H18Cl2N4O2. The smallest absolute Gasteiger partial charge is 0.388 e. The summed E-state index contributed by atoms with van der Waals surface area (Å²) in [7, 11) is 0. The van der Waals surface area contributed by atoms with Gasteiger partial charge in [-0.3, -0.25) is 0 Å². The third kappa shape index (κ3) is 3.71. The van der Waals surface area contributed by atoms with Crippen molar-refractivity contribution >= 4 is 28.9 Å². The summed E-state index contributed by atoms with van der Waals surface area (Å²) in [5, 5.41) is 13.7. The fourth-order valence-corrected chi connectivity index (χ4v) is 3.26. The van der Waals surface area contributed by atoms with Gasteiger partial charge in [-0.1, -0.05) is 23.2 Å². The Morgan fingerprint density at radius 3 is 2.74 bits per heavy atom. The van der Waals surface area contributed by atoms with Crippen molar-refractivity contribution in [3.05, 3.63) is 32.7 Å². The van der Waals surface area contributed by atoms with Gasteiger partial charge in [0.25, 0.3) is 0 Å². The summed E-state index contributed by atoms with van der Waals surface area (Å²) < 4.78 is 4.98. The molecule has 8 heteroatoms. The van der Waals surface area contributed by atoms with Crippen molar-refractivity contribution in [2.45, 2.75) is 25.8 Å². The van der Waals surface area contributed by atoms with E-state index >= 15 is 0 Å². The number of nitrogens with zero attached hydrogens (tertiary/aromatic N) is 1. The maximum atomic E-state index is 11.1. The van der Waals surface area contributed by atoms with Crippen LogP contribution < -0.4 is 16.4 Å². The molecule has 23 heavy (non-hydrogen) atoms. The molecule has 2 heterocycles. The van der Waals surface area contributed by atoms with E-state index in [1.54, 1.807) is 12.1 Å². The molecule has 3 rings (SSSR count). The van der Waals surface area contributed by atoms with Crippen LogP contribution in [0.4, 0.5) is 5.69 Å². The van der Waals surface area contributed by atoms with E-state index in [9.17, 15) is 4.79 Å². The van der Waals surface area contributed by atoms with Crippen LogP contribution in [0.3, 0.4) is 0 Å². The first-order valence-corrected chi connectivity index (χ1v) is 8.32. The Balaban J connectivity index is 1.85. The molecule has 0 bridgehead atoms. The molecule has 1 saturated heterocycles. The number of piperidine rings is 1. The molecule has 1 aromatic carbocycles. The summed E-state index contributed by atoms with van der Waals surface area (Å²) in [5.74, 6) is 0.146. The highest BCUT2D eigenvalue weighted by Crippen LogP contribution is 2.36. The lowest BCUT2D eigenvalue weighted by molar-refractivity contribution is 0.343. The number of anilines is 1. The summed E-state index contributed by atoms with van der Waals surface area (Å²) in [4.78, 5) is 11.1. The Morgan fingerprint density at radius 2 is 2.09 bits per heavy atom. The maximum Gasteiger partial charge on any atom is 0.434 e. The van der Waals surface area contributed by atoms with Crippen LogP contribution in [0.2, 0.25) is 10.0 Å². The molecule has 1 aromatic heterocycles. The molecule has 1 atom stereocenters. The minimum Gasteiger partial charge on any atom is -0.388 e. The number of halogens is 2. The largest absolute Gasteiger partial charge is 0.434 e. The van der Waals surface area contributed by atoms with Crippen LogP contribution in [-0.2, 0) is 0 Å². The Bertz CT molecular complexity index is 737. The van der Waals surface area contributed by atoms with Gasteiger partial charge in [-0.2, -0.15) is 0 Å². The van der Waals surface area contributed by atoms with Crippen molar-refractivity contribution < 1.29 is 4.42 Å². The zero-order valence-corrected chi connectivity index (χ0v) is 14.2. The normalized spacial score (nSPS) is 17.2. The van der Waals surface area contributed by atoms with Crippen molar-refractivity contribution in [1.29, 1.82) is 0 Å². The Kier molecular flexibility index (Phi) is 4.94. The van der Waals surface area contributed by atoms with Crippen LogP contribution in [0.25, 0.3) is 11.5 Å². The van der Waals surface area contributed by atoms with Gasteiger partial charge in [-0.15, -0.1) is 5.10 Å². The van der Waals surface area contributed by atoms with Gasteiger partial charge in [0.05, 0.1) is 15.7 Å². The SMILES string of the molecule is C[C@H](Nc1cc(-c2n[nH]c(=O)o2)cc(Cl)c1Cl)C1CCNCC1. The molecule has 6 nitrogen and oxygen atoms in total. The van der Waals surface area contributed by atoms with E-state index in [0.717, 1.165) is 25.9 Å². The average molecular weight is 357 g/mol. The number of hydrogen-bond acceptors (Lipinski definition) is 5. The van der Waals surface area contributed by atoms with Crippen LogP contribution in [0.1, 0.15) is 19.8 Å². The predicted molar refractivity (Wildman–Crippen MR) is 91.3 cm³/mol. The number of aromatic nitrogens is 2. The molecule has 1 fully saturated rings. The van der Waals surface area contributed by atoms with E-state index in [0.29, 0.717) is 27.2 Å². The predicted octanol–water partition coefficient (Wildman–Crippen LogP) is 3.14. The maximum absolute atomic E-state index is 11.1. The third-order valence-corrected chi connectivity index (χ3v) is 4.99. The lowest BCUT2D eigenvalue weighted by Gasteiger charge is -2.30. The van der Waals surface area contributed by atoms with Crippen LogP contribution in [0.15, 0.2) is 21.3 Å². The molecule has 0 radical (unpaired) electrons. The molecular weight excluding hydrogens is 339 g/mol. The van der Waals surface area contributed by atoms with E-state index in [4.69, 9.17) is 27.6 Å². The first-order chi connectivity index (χ1) is 11.0. The van der Waals surface area contributed by atoms with Crippen molar-refractivity contribution in [3.8, 4) is 11.5 Å². The standard InChI is InChI=1S/C15H18Cl2N4O2/c1-8(9-2-4-18-5-3-9)19-12-7-10(6-11(16)13(12)17)14-20-21-15(22)23-14/h6-9,18-19H,2-5H2,1H3,(H,21,22)/t8-/m0/s1. The van der Waals surface area contributed by atoms with Crippen molar-refractivity contribution in [1.82, 2.24) is 15.5 Å². The van der Waals surface area contributed by atoms with Gasteiger partial charge >= 0.3 is 5.76 Å². The van der Waals surface area contributed by atoms with Gasteiger partial charge in [-0.25, -0.2) is 9.89 Å². The minimum atomic E-state index is -0.608. The van der Waals surface area contributed by atoms with E-state index < -0.39 is 5.76 Å². The molecule has 1 aliphatic heterocycles. The molecule has 124 valence electrons. The average Bonchev–Trinajstić information content (AvgIpc) is 2.99. The molecule has 0 unspecified atom stereocenters. The number of nitrogens with one attached hydrogen (secondary N) is 3. The number of rotatable bonds is 4. The summed E-state index contributed by atoms with van der Waals surface area (Å²) in [6.45, 7) is 4.20. The van der Waals surface area contributed by atoms with Crippen LogP contribution >= 0.6 is 23.2 Å². The Labute approximate surface area is 143 Å². The number of hydrogen-bond donors (Lipinski definition) is 3. The molecule has 0 amide bonds. The number of benzene rings is 1. The van der Waals surface area contributed by atoms with Crippen LogP contribution in [0, 0.1) is 5.92 Å². The Hall–Kier alpha value is -1.50. The first-order valence-electron chi connectivity index (χ1n) is 7.57. The van der Waals surface area contributed by atoms with E-state index in [-0.39, 0.29) is 11.9 Å². The zero-order valence-electron chi connectivity index (χ0n) is 12.7. The molecule has 1 aliphatic rings. The first kappa shape index (κ1) is 16.4. The van der Waals surface area contributed by atoms with Gasteiger partial charge in [0.15, 0.2) is 0 Å². The van der Waals surface area contributed by atoms with Crippen LogP contribution in [-0.4, -0.2) is 29.3 Å². The second kappa shape index (κ2) is 6.95. The number of aromatic amines is 1. The fourth-order valence-electron chi connectivity index (χ4n) is 2.88. The molecule has 0 aliphatic carbocycles. The highest BCUT2D eigenvalue weighted by atomic mass is 35.5. The van der Waals surface area contributed by atoms with Gasteiger partial charge < -0.3 is 15.1 Å². The molecule has 3 N–H and O–H groups in total. The van der Waals surface area contributed by atoms with Crippen LogP contribution in [0.5, 0.6) is 0 Å². The molecule has 2 aromatic rings. The summed E-state index contributed by atoms with van der Waals surface area (Å²) in [6.07, 6.45) is 2.24. The van der Waals surface area contributed by atoms with Crippen molar-refractivity contribution in [2.75, 3.05) is 18.4 Å². The molecule has 0 saturated carbocycles. The Morgan fingerprint density at radius 1 is 1.35 bits per heavy atom. The monoisotopic (exact) mass is 356 g/mol. The van der Waals surface area contributed by atoms with Gasteiger partial charge in [0.2, 0.25) is 5.89 Å². The van der Waals surface area contributed by atoms with Crippen molar-refractivity contribution in [2.24, 2.45) is 5.92 Å².